The first-order chi connectivity index (χ1) is 9.84. The average Bonchev–Trinajstić information content (AvgIpc) is 2.70. The fraction of sp³-hybridized carbons (Fsp3) is 0.636. The van der Waals surface area contributed by atoms with E-state index < -0.39 is 36.0 Å². The van der Waals surface area contributed by atoms with Crippen molar-refractivity contribution < 1.29 is 27.5 Å². The lowest BCUT2D eigenvalue weighted by molar-refractivity contribution is -0.146. The number of rotatable bonds is 4. The molecule has 1 aromatic heterocycles. The molecule has 0 aliphatic carbocycles. The Morgan fingerprint density at radius 3 is 2.48 bits per heavy atom. The molecule has 10 heteroatoms. The van der Waals surface area contributed by atoms with Crippen molar-refractivity contribution in [2.75, 3.05) is 19.7 Å². The lowest BCUT2D eigenvalue weighted by atomic mass is 10.2. The van der Waals surface area contributed by atoms with Gasteiger partial charge in [0.2, 0.25) is 11.6 Å². The first-order valence-electron chi connectivity index (χ1n) is 6.30. The van der Waals surface area contributed by atoms with Gasteiger partial charge in [-0.05, 0) is 13.3 Å². The van der Waals surface area contributed by atoms with E-state index in [1.165, 1.54) is 11.8 Å². The van der Waals surface area contributed by atoms with Crippen molar-refractivity contribution in [2.24, 2.45) is 0 Å². The number of likely N-dealkylation sites (tertiary alicyclic amines) is 1. The van der Waals surface area contributed by atoms with Gasteiger partial charge in [0, 0.05) is 13.1 Å². The van der Waals surface area contributed by atoms with Gasteiger partial charge in [-0.25, -0.2) is 9.48 Å². The third kappa shape index (κ3) is 3.14. The predicted molar refractivity (Wildman–Crippen MR) is 62.2 cm³/mol. The SMILES string of the molecule is CCOC(=O)c1nnn(CC(=O)N2CCC2)c1C(F)(F)F. The van der Waals surface area contributed by atoms with E-state index in [0.29, 0.717) is 17.8 Å². The van der Waals surface area contributed by atoms with Gasteiger partial charge in [-0.1, -0.05) is 5.21 Å². The van der Waals surface area contributed by atoms with Crippen LogP contribution in [0.1, 0.15) is 29.5 Å². The normalized spacial score (nSPS) is 14.8. The number of esters is 1. The maximum atomic E-state index is 13.1. The van der Waals surface area contributed by atoms with Gasteiger partial charge in [0.25, 0.3) is 0 Å². The number of ether oxygens (including phenoxy) is 1. The maximum Gasteiger partial charge on any atom is 0.435 e. The molecule has 0 unspecified atom stereocenters. The molecule has 1 saturated heterocycles. The van der Waals surface area contributed by atoms with E-state index in [2.05, 4.69) is 15.0 Å². The summed E-state index contributed by atoms with van der Waals surface area (Å²) >= 11 is 0. The standard InChI is InChI=1S/C11H13F3N4O3/c1-2-21-10(20)8-9(11(12,13)14)18(16-15-8)6-7(19)17-4-3-5-17/h2-6H2,1H3. The largest absolute Gasteiger partial charge is 0.461 e. The molecule has 116 valence electrons. The van der Waals surface area contributed by atoms with Crippen LogP contribution < -0.4 is 0 Å². The smallest absolute Gasteiger partial charge is 0.435 e. The Kier molecular flexibility index (Phi) is 4.14. The Bertz CT molecular complexity index is 551. The summed E-state index contributed by atoms with van der Waals surface area (Å²) in [6, 6.07) is 0. The minimum Gasteiger partial charge on any atom is -0.461 e. The molecular formula is C11H13F3N4O3. The van der Waals surface area contributed by atoms with Gasteiger partial charge in [0.1, 0.15) is 6.54 Å². The topological polar surface area (TPSA) is 77.3 Å². The molecule has 2 heterocycles. The van der Waals surface area contributed by atoms with Crippen molar-refractivity contribution >= 4 is 11.9 Å². The van der Waals surface area contributed by atoms with Crippen molar-refractivity contribution in [3.63, 3.8) is 0 Å². The van der Waals surface area contributed by atoms with Gasteiger partial charge in [-0.3, -0.25) is 4.79 Å². The predicted octanol–water partition coefficient (Wildman–Crippen LogP) is 0.706. The molecule has 0 radical (unpaired) electrons. The zero-order valence-electron chi connectivity index (χ0n) is 11.2. The molecule has 0 atom stereocenters. The van der Waals surface area contributed by atoms with Crippen LogP contribution in [0, 0.1) is 0 Å². The third-order valence-electron chi connectivity index (χ3n) is 2.97. The second kappa shape index (κ2) is 5.70. The molecule has 1 aliphatic rings. The summed E-state index contributed by atoms with van der Waals surface area (Å²) in [4.78, 5) is 24.6. The summed E-state index contributed by atoms with van der Waals surface area (Å²) in [6.07, 6.45) is -4.04. The van der Waals surface area contributed by atoms with Gasteiger partial charge < -0.3 is 9.64 Å². The van der Waals surface area contributed by atoms with Crippen LogP contribution in [0.2, 0.25) is 0 Å². The van der Waals surface area contributed by atoms with E-state index in [9.17, 15) is 22.8 Å². The Morgan fingerprint density at radius 1 is 1.33 bits per heavy atom. The Morgan fingerprint density at radius 2 is 2.00 bits per heavy atom. The zero-order chi connectivity index (χ0) is 15.6. The molecule has 1 aliphatic heterocycles. The molecule has 1 amide bonds. The van der Waals surface area contributed by atoms with Crippen molar-refractivity contribution in [1.82, 2.24) is 19.9 Å². The molecule has 7 nitrogen and oxygen atoms in total. The first-order valence-corrected chi connectivity index (χ1v) is 6.30. The highest BCUT2D eigenvalue weighted by Gasteiger charge is 2.42. The van der Waals surface area contributed by atoms with Crippen LogP contribution in [0.4, 0.5) is 13.2 Å². The van der Waals surface area contributed by atoms with Crippen LogP contribution >= 0.6 is 0 Å². The molecular weight excluding hydrogens is 293 g/mol. The summed E-state index contributed by atoms with van der Waals surface area (Å²) in [5, 5.41) is 6.47. The van der Waals surface area contributed by atoms with Crippen molar-refractivity contribution in [1.29, 1.82) is 0 Å². The van der Waals surface area contributed by atoms with Crippen LogP contribution in [0.25, 0.3) is 0 Å². The van der Waals surface area contributed by atoms with E-state index in [1.807, 2.05) is 0 Å². The molecule has 0 spiro atoms. The van der Waals surface area contributed by atoms with Crippen molar-refractivity contribution in [2.45, 2.75) is 26.1 Å². The Hall–Kier alpha value is -2.13. The van der Waals surface area contributed by atoms with Crippen molar-refractivity contribution in [3.05, 3.63) is 11.4 Å². The van der Waals surface area contributed by atoms with Gasteiger partial charge in [0.15, 0.2) is 5.69 Å². The van der Waals surface area contributed by atoms with E-state index in [0.717, 1.165) is 6.42 Å². The fourth-order valence-corrected chi connectivity index (χ4v) is 1.84. The second-order valence-electron chi connectivity index (χ2n) is 4.40. The average molecular weight is 306 g/mol. The number of carbonyl (C=O) groups excluding carboxylic acids is 2. The number of alkyl halides is 3. The van der Waals surface area contributed by atoms with Crippen molar-refractivity contribution in [3.8, 4) is 0 Å². The van der Waals surface area contributed by atoms with Gasteiger partial charge >= 0.3 is 12.1 Å². The highest BCUT2D eigenvalue weighted by atomic mass is 19.4. The third-order valence-corrected chi connectivity index (χ3v) is 2.97. The van der Waals surface area contributed by atoms with E-state index in [4.69, 9.17) is 0 Å². The number of hydrogen-bond acceptors (Lipinski definition) is 5. The van der Waals surface area contributed by atoms with Crippen LogP contribution in [-0.2, 0) is 22.3 Å². The molecule has 0 bridgehead atoms. The Labute approximate surface area is 117 Å². The van der Waals surface area contributed by atoms with E-state index in [-0.39, 0.29) is 6.61 Å². The molecule has 1 fully saturated rings. The van der Waals surface area contributed by atoms with Gasteiger partial charge in [-0.15, -0.1) is 5.10 Å². The van der Waals surface area contributed by atoms with Crippen LogP contribution in [0.15, 0.2) is 0 Å². The highest BCUT2D eigenvalue weighted by Crippen LogP contribution is 2.31. The second-order valence-corrected chi connectivity index (χ2v) is 4.40. The molecule has 1 aromatic rings. The van der Waals surface area contributed by atoms with Gasteiger partial charge in [-0.2, -0.15) is 13.2 Å². The zero-order valence-corrected chi connectivity index (χ0v) is 11.2. The summed E-state index contributed by atoms with van der Waals surface area (Å²) in [6.45, 7) is 1.79. The molecule has 0 saturated carbocycles. The van der Waals surface area contributed by atoms with Crippen LogP contribution in [0.3, 0.4) is 0 Å². The fourth-order valence-electron chi connectivity index (χ4n) is 1.84. The number of hydrogen-bond donors (Lipinski definition) is 0. The molecule has 21 heavy (non-hydrogen) atoms. The summed E-state index contributed by atoms with van der Waals surface area (Å²) in [5.41, 5.74) is -2.30. The maximum absolute atomic E-state index is 13.1. The number of nitrogens with zero attached hydrogens (tertiary/aromatic N) is 4. The lowest BCUT2D eigenvalue weighted by Gasteiger charge is -2.30. The summed E-state index contributed by atoms with van der Waals surface area (Å²) in [7, 11) is 0. The number of aromatic nitrogens is 3. The lowest BCUT2D eigenvalue weighted by Crippen LogP contribution is -2.44. The number of halogens is 3. The summed E-state index contributed by atoms with van der Waals surface area (Å²) in [5.74, 6) is -1.71. The molecule has 0 N–H and O–H groups in total. The number of amides is 1. The van der Waals surface area contributed by atoms with E-state index >= 15 is 0 Å². The van der Waals surface area contributed by atoms with Crippen LogP contribution in [0.5, 0.6) is 0 Å². The Balaban J connectivity index is 2.28. The van der Waals surface area contributed by atoms with E-state index in [1.54, 1.807) is 0 Å². The quantitative estimate of drug-likeness (QED) is 0.766. The minimum absolute atomic E-state index is 0.0876. The van der Waals surface area contributed by atoms with Gasteiger partial charge in [0.05, 0.1) is 6.61 Å². The highest BCUT2D eigenvalue weighted by molar-refractivity contribution is 5.88. The first kappa shape index (κ1) is 15.3. The molecule has 0 aromatic carbocycles. The minimum atomic E-state index is -4.86. The molecule has 2 rings (SSSR count). The number of carbonyl (C=O) groups is 2. The van der Waals surface area contributed by atoms with Crippen LogP contribution in [-0.4, -0.2) is 51.5 Å². The monoisotopic (exact) mass is 306 g/mol. The summed E-state index contributed by atoms with van der Waals surface area (Å²) < 4.78 is 44.1.